The van der Waals surface area contributed by atoms with Gasteiger partial charge in [0.2, 0.25) is 0 Å². The van der Waals surface area contributed by atoms with Crippen molar-refractivity contribution in [2.75, 3.05) is 4.90 Å². The lowest BCUT2D eigenvalue weighted by Gasteiger charge is -2.49. The average Bonchev–Trinajstić information content (AvgIpc) is 3.40. The third-order valence-electron chi connectivity index (χ3n) is 9.42. The lowest BCUT2D eigenvalue weighted by molar-refractivity contribution is -0.122. The van der Waals surface area contributed by atoms with E-state index in [2.05, 4.69) is 0 Å². The summed E-state index contributed by atoms with van der Waals surface area (Å²) in [7, 11) is 0. The van der Waals surface area contributed by atoms with Crippen molar-refractivity contribution >= 4 is 51.5 Å². The number of rotatable bonds is 3. The number of phenols is 1. The second kappa shape index (κ2) is 9.78. The molecule has 1 saturated carbocycles. The number of aromatic hydroxyl groups is 1. The molecule has 1 N–H and O–H groups in total. The molecule has 2 amide bonds. The van der Waals surface area contributed by atoms with Gasteiger partial charge in [0.05, 0.1) is 24.0 Å². The van der Waals surface area contributed by atoms with Gasteiger partial charge in [-0.3, -0.25) is 9.59 Å². The van der Waals surface area contributed by atoms with E-state index in [9.17, 15) is 28.7 Å². The normalized spacial score (nSPS) is 25.3. The summed E-state index contributed by atoms with van der Waals surface area (Å²) in [5, 5.41) is 12.9. The van der Waals surface area contributed by atoms with Crippen LogP contribution in [0.25, 0.3) is 16.5 Å². The van der Waals surface area contributed by atoms with Crippen LogP contribution >= 0.6 is 23.2 Å². The van der Waals surface area contributed by atoms with Gasteiger partial charge in [-0.15, -0.1) is 23.2 Å². The monoisotopic (exact) mass is 656 g/mol. The number of anilines is 1. The van der Waals surface area contributed by atoms with E-state index in [4.69, 9.17) is 23.2 Å². The summed E-state index contributed by atoms with van der Waals surface area (Å²) in [6, 6.07) is 22.7. The number of hydrogen-bond acceptors (Lipinski definition) is 5. The fraction of sp³-hybridized carbons (Fsp3) is 0.176. The highest BCUT2D eigenvalue weighted by Gasteiger charge is 2.76. The van der Waals surface area contributed by atoms with Crippen molar-refractivity contribution in [1.29, 1.82) is 0 Å². The van der Waals surface area contributed by atoms with Gasteiger partial charge in [0, 0.05) is 23.3 Å². The zero-order valence-corrected chi connectivity index (χ0v) is 25.3. The van der Waals surface area contributed by atoms with Gasteiger partial charge < -0.3 is 5.11 Å². The third-order valence-corrected chi connectivity index (χ3v) is 10.8. The number of carbonyl (C=O) groups is 2. The topological polar surface area (TPSA) is 107 Å². The Bertz CT molecular complexity index is 2280. The smallest absolute Gasteiger partial charge is 0.352 e. The predicted octanol–water partition coefficient (Wildman–Crippen LogP) is 5.00. The van der Waals surface area contributed by atoms with Crippen LogP contribution in [0.4, 0.5) is 10.1 Å². The molecule has 0 spiro atoms. The Kier molecular flexibility index (Phi) is 6.07. The summed E-state index contributed by atoms with van der Waals surface area (Å²) in [5.74, 6) is -3.67. The number of nitrogens with zero attached hydrogens (tertiary/aromatic N) is 4. The molecule has 9 nitrogen and oxygen atoms in total. The minimum atomic E-state index is -2.18. The lowest BCUT2D eigenvalue weighted by Crippen LogP contribution is -2.59. The highest BCUT2D eigenvalue weighted by molar-refractivity contribution is 6.58. The van der Waals surface area contributed by atoms with Crippen molar-refractivity contribution in [2.45, 2.75) is 34.7 Å². The van der Waals surface area contributed by atoms with Crippen molar-refractivity contribution < 1.29 is 19.1 Å². The molecule has 1 saturated heterocycles. The summed E-state index contributed by atoms with van der Waals surface area (Å²) in [6.07, 6.45) is 1.38. The lowest BCUT2D eigenvalue weighted by atomic mass is 9.64. The zero-order valence-electron chi connectivity index (χ0n) is 23.8. The average molecular weight is 657 g/mol. The van der Waals surface area contributed by atoms with Crippen LogP contribution in [-0.4, -0.2) is 40.6 Å². The van der Waals surface area contributed by atoms with Crippen LogP contribution in [0.15, 0.2) is 112 Å². The number of benzene rings is 4. The van der Waals surface area contributed by atoms with E-state index in [0.717, 1.165) is 27.0 Å². The zero-order chi connectivity index (χ0) is 32.1. The van der Waals surface area contributed by atoms with Gasteiger partial charge in [-0.2, -0.15) is 0 Å². The molecule has 2 aliphatic heterocycles. The summed E-state index contributed by atoms with van der Waals surface area (Å²) >= 11 is 14.8. The number of allylic oxidation sites excluding steroid dienone is 2. The van der Waals surface area contributed by atoms with Gasteiger partial charge in [0.15, 0.2) is 9.75 Å². The number of fused-ring (bicyclic) bond motifs is 5. The quantitative estimate of drug-likeness (QED) is 0.167. The third kappa shape index (κ3) is 3.56. The van der Waals surface area contributed by atoms with Crippen LogP contribution in [0, 0.1) is 5.82 Å². The molecule has 0 radical (unpaired) electrons. The molecule has 3 aliphatic rings. The number of amides is 2. The van der Waals surface area contributed by atoms with Crippen molar-refractivity contribution in [3.63, 3.8) is 0 Å². The van der Waals surface area contributed by atoms with Gasteiger partial charge in [-0.05, 0) is 47.4 Å². The second-order valence-electron chi connectivity index (χ2n) is 11.7. The van der Waals surface area contributed by atoms with Gasteiger partial charge in [-0.25, -0.2) is 32.8 Å². The van der Waals surface area contributed by atoms with E-state index < -0.39 is 50.7 Å². The Hall–Kier alpha value is -4.93. The molecule has 3 heterocycles. The predicted molar refractivity (Wildman–Crippen MR) is 170 cm³/mol. The molecule has 5 aromatic rings. The highest BCUT2D eigenvalue weighted by atomic mass is 35.5. The number of aromatic nitrogens is 3. The van der Waals surface area contributed by atoms with E-state index in [1.54, 1.807) is 60.7 Å². The number of phenolic OH excluding ortho intramolecular Hbond substituents is 1. The first-order chi connectivity index (χ1) is 22.1. The molecule has 4 atom stereocenters. The van der Waals surface area contributed by atoms with Crippen molar-refractivity contribution in [2.24, 2.45) is 0 Å². The van der Waals surface area contributed by atoms with Gasteiger partial charge in [0.1, 0.15) is 11.6 Å². The molecule has 2 fully saturated rings. The number of halogens is 3. The molecule has 0 bridgehead atoms. The van der Waals surface area contributed by atoms with Crippen LogP contribution in [-0.2, 0) is 16.1 Å². The maximum Gasteiger partial charge on any atom is 0.352 e. The molecule has 1 aliphatic carbocycles. The van der Waals surface area contributed by atoms with Crippen molar-refractivity contribution in [1.82, 2.24) is 13.9 Å². The summed E-state index contributed by atoms with van der Waals surface area (Å²) in [5.41, 5.74) is -0.162. The van der Waals surface area contributed by atoms with Gasteiger partial charge in [0.25, 0.3) is 11.8 Å². The summed E-state index contributed by atoms with van der Waals surface area (Å²) in [6.45, 7) is -0.0450. The van der Waals surface area contributed by atoms with E-state index in [-0.39, 0.29) is 30.0 Å². The maximum absolute atomic E-state index is 14.5. The first kappa shape index (κ1) is 28.5. The number of alkyl halides is 2. The molecular weight excluding hydrogens is 634 g/mol. The van der Waals surface area contributed by atoms with Crippen LogP contribution in [0.1, 0.15) is 23.9 Å². The standard InChI is InChI=1S/C34H23Cl2FN4O5/c35-33-18-26-24(16-17-38-31(45)40(32(46)41(26)38)21-7-2-1-3-8-21)27(25-15-10-19-6-4-5-9-23(19)28(25)42)34(33,36)30(44)39(29(33)43)22-13-11-20(37)12-14-22/h1-16,26-27,42H,17-18H2/t26-,27-,33-,34+/m1/s1. The van der Waals surface area contributed by atoms with Crippen LogP contribution in [0.5, 0.6) is 5.75 Å². The van der Waals surface area contributed by atoms with E-state index in [1.165, 1.54) is 21.5 Å². The molecule has 46 heavy (non-hydrogen) atoms. The molecule has 0 unspecified atom stereocenters. The first-order valence-corrected chi connectivity index (χ1v) is 15.3. The number of para-hydroxylation sites is 1. The Morgan fingerprint density at radius 3 is 2.22 bits per heavy atom. The molecule has 230 valence electrons. The van der Waals surface area contributed by atoms with Gasteiger partial charge >= 0.3 is 11.4 Å². The number of carbonyl (C=O) groups excluding carboxylic acids is 2. The minimum absolute atomic E-state index is 0.0450. The Labute approximate surface area is 269 Å². The fourth-order valence-electron chi connectivity index (χ4n) is 7.31. The van der Waals surface area contributed by atoms with E-state index in [1.807, 2.05) is 12.1 Å². The van der Waals surface area contributed by atoms with E-state index in [0.29, 0.717) is 16.6 Å². The van der Waals surface area contributed by atoms with Crippen LogP contribution < -0.4 is 16.3 Å². The number of imide groups is 1. The Morgan fingerprint density at radius 2 is 1.48 bits per heavy atom. The highest BCUT2D eigenvalue weighted by Crippen LogP contribution is 2.64. The molecular formula is C34H23Cl2FN4O5. The Morgan fingerprint density at radius 1 is 0.783 bits per heavy atom. The molecule has 4 aromatic carbocycles. The maximum atomic E-state index is 14.5. The summed E-state index contributed by atoms with van der Waals surface area (Å²) < 4.78 is 17.4. The second-order valence-corrected chi connectivity index (χ2v) is 12.9. The van der Waals surface area contributed by atoms with Gasteiger partial charge in [-0.1, -0.05) is 60.7 Å². The van der Waals surface area contributed by atoms with Crippen molar-refractivity contribution in [3.05, 3.63) is 135 Å². The number of hydrogen-bond donors (Lipinski definition) is 1. The van der Waals surface area contributed by atoms with E-state index >= 15 is 0 Å². The largest absolute Gasteiger partial charge is 0.507 e. The minimum Gasteiger partial charge on any atom is -0.507 e. The Balaban J connectivity index is 1.39. The van der Waals surface area contributed by atoms with Crippen LogP contribution in [0.3, 0.4) is 0 Å². The summed E-state index contributed by atoms with van der Waals surface area (Å²) in [4.78, 5) is 53.1. The SMILES string of the molecule is O=C1N(c2ccc(F)cc2)C(=O)[C@@]2(Cl)[C@@H](c3ccc4ccccc4c3O)C3=CCn4c(=O)n(-c5ccccc5)c(=O)n4[C@@H]3C[C@@]12Cl. The molecule has 1 aromatic heterocycles. The molecule has 12 heteroatoms. The fourth-order valence-corrected chi connectivity index (χ4v) is 8.22. The first-order valence-electron chi connectivity index (χ1n) is 14.5. The van der Waals surface area contributed by atoms with Crippen molar-refractivity contribution in [3.8, 4) is 11.4 Å². The van der Waals surface area contributed by atoms with Crippen LogP contribution in [0.2, 0.25) is 0 Å². The molecule has 8 rings (SSSR count).